The van der Waals surface area contributed by atoms with Crippen LogP contribution in [0.3, 0.4) is 0 Å². The maximum Gasteiger partial charge on any atom is 0.221 e. The molecule has 0 saturated carbocycles. The zero-order valence-electron chi connectivity index (χ0n) is 10.4. The van der Waals surface area contributed by atoms with E-state index in [9.17, 15) is 4.79 Å². The number of aromatic nitrogens is 1. The van der Waals surface area contributed by atoms with E-state index in [0.717, 1.165) is 18.5 Å². The number of hydrogen-bond donors (Lipinski definition) is 3. The van der Waals surface area contributed by atoms with Gasteiger partial charge in [0.2, 0.25) is 5.91 Å². The summed E-state index contributed by atoms with van der Waals surface area (Å²) in [5.74, 6) is 0.752. The Kier molecular flexibility index (Phi) is 6.07. The van der Waals surface area contributed by atoms with Crippen LogP contribution in [0.1, 0.15) is 25.3 Å². The number of hydrogen-bond acceptors (Lipinski definition) is 4. The molecule has 0 aliphatic heterocycles. The summed E-state index contributed by atoms with van der Waals surface area (Å²) in [5, 5.41) is 5.87. The van der Waals surface area contributed by atoms with Gasteiger partial charge in [0.05, 0.1) is 0 Å². The van der Waals surface area contributed by atoms with E-state index in [0.29, 0.717) is 23.8 Å². The van der Waals surface area contributed by atoms with Crippen molar-refractivity contribution >= 4 is 28.9 Å². The topological polar surface area (TPSA) is 80.0 Å². The minimum atomic E-state index is 0.0455. The Hall–Kier alpha value is -1.69. The first-order valence-corrected chi connectivity index (χ1v) is 6.30. The van der Waals surface area contributed by atoms with E-state index < -0.39 is 0 Å². The van der Waals surface area contributed by atoms with Crippen LogP contribution in [0.5, 0.6) is 0 Å². The smallest absolute Gasteiger partial charge is 0.221 e. The maximum absolute atomic E-state index is 11.3. The number of pyridine rings is 1. The van der Waals surface area contributed by atoms with E-state index in [1.807, 2.05) is 6.92 Å². The molecule has 0 aliphatic rings. The molecule has 0 unspecified atom stereocenters. The van der Waals surface area contributed by atoms with Crippen LogP contribution in [0.25, 0.3) is 0 Å². The number of nitrogens with one attached hydrogen (secondary N) is 2. The zero-order chi connectivity index (χ0) is 13.4. The van der Waals surface area contributed by atoms with Crippen LogP contribution in [0.15, 0.2) is 18.3 Å². The molecular weight excluding hydrogens is 248 g/mol. The van der Waals surface area contributed by atoms with E-state index in [1.54, 1.807) is 18.3 Å². The predicted octanol–water partition coefficient (Wildman–Crippen LogP) is 1.04. The van der Waals surface area contributed by atoms with Crippen LogP contribution < -0.4 is 16.4 Å². The third-order valence-electron chi connectivity index (χ3n) is 2.28. The standard InChI is InChI=1S/C12H18N4OS/c1-2-6-15-11(17)5-7-14-10-4-3-9(8-16-10)12(13)18/h3-4,8H,2,5-7H2,1H3,(H2,13,18)(H,14,16)(H,15,17). The Morgan fingerprint density at radius 3 is 2.78 bits per heavy atom. The maximum atomic E-state index is 11.3. The van der Waals surface area contributed by atoms with Gasteiger partial charge >= 0.3 is 0 Å². The molecule has 0 aromatic carbocycles. The molecule has 1 rings (SSSR count). The Labute approximate surface area is 112 Å². The highest BCUT2D eigenvalue weighted by Crippen LogP contribution is 2.04. The second-order valence-corrected chi connectivity index (χ2v) is 4.26. The molecule has 6 heteroatoms. The van der Waals surface area contributed by atoms with Crippen LogP contribution in [0, 0.1) is 0 Å². The lowest BCUT2D eigenvalue weighted by Crippen LogP contribution is -2.26. The van der Waals surface area contributed by atoms with Crippen molar-refractivity contribution in [2.45, 2.75) is 19.8 Å². The van der Waals surface area contributed by atoms with Gasteiger partial charge in [0.25, 0.3) is 0 Å². The molecule has 1 aromatic heterocycles. The summed E-state index contributed by atoms with van der Waals surface area (Å²) >= 11 is 4.83. The lowest BCUT2D eigenvalue weighted by molar-refractivity contribution is -0.120. The van der Waals surface area contributed by atoms with Crippen LogP contribution in [-0.4, -0.2) is 29.0 Å². The van der Waals surface area contributed by atoms with Gasteiger partial charge in [-0.3, -0.25) is 4.79 Å². The number of nitrogens with zero attached hydrogens (tertiary/aromatic N) is 1. The minimum absolute atomic E-state index is 0.0455. The van der Waals surface area contributed by atoms with Crippen molar-refractivity contribution in [3.63, 3.8) is 0 Å². The molecule has 0 aliphatic carbocycles. The summed E-state index contributed by atoms with van der Waals surface area (Å²) in [6.07, 6.45) is 2.99. The summed E-state index contributed by atoms with van der Waals surface area (Å²) in [6, 6.07) is 3.59. The highest BCUT2D eigenvalue weighted by Gasteiger charge is 2.01. The van der Waals surface area contributed by atoms with Crippen molar-refractivity contribution in [2.75, 3.05) is 18.4 Å². The first kappa shape index (κ1) is 14.4. The number of carbonyl (C=O) groups is 1. The van der Waals surface area contributed by atoms with E-state index in [1.165, 1.54) is 0 Å². The van der Waals surface area contributed by atoms with Crippen LogP contribution >= 0.6 is 12.2 Å². The Morgan fingerprint density at radius 1 is 1.44 bits per heavy atom. The van der Waals surface area contributed by atoms with Gasteiger partial charge in [-0.1, -0.05) is 19.1 Å². The highest BCUT2D eigenvalue weighted by molar-refractivity contribution is 7.80. The Bertz CT molecular complexity index is 405. The fraction of sp³-hybridized carbons (Fsp3) is 0.417. The molecule has 4 N–H and O–H groups in total. The molecule has 98 valence electrons. The minimum Gasteiger partial charge on any atom is -0.389 e. The second-order valence-electron chi connectivity index (χ2n) is 3.82. The third-order valence-corrected chi connectivity index (χ3v) is 2.51. The third kappa shape index (κ3) is 5.09. The molecule has 1 amide bonds. The number of carbonyl (C=O) groups excluding carboxylic acids is 1. The molecule has 18 heavy (non-hydrogen) atoms. The predicted molar refractivity (Wildman–Crippen MR) is 76.5 cm³/mol. The molecule has 0 atom stereocenters. The van der Waals surface area contributed by atoms with E-state index >= 15 is 0 Å². The molecule has 0 radical (unpaired) electrons. The summed E-state index contributed by atoms with van der Waals surface area (Å²) in [5.41, 5.74) is 6.20. The molecular formula is C12H18N4OS. The van der Waals surface area contributed by atoms with Gasteiger partial charge < -0.3 is 16.4 Å². The molecule has 0 fully saturated rings. The largest absolute Gasteiger partial charge is 0.389 e. The van der Waals surface area contributed by atoms with Crippen LogP contribution in [-0.2, 0) is 4.79 Å². The second kappa shape index (κ2) is 7.60. The fourth-order valence-corrected chi connectivity index (χ4v) is 1.42. The number of anilines is 1. The number of rotatable bonds is 7. The average molecular weight is 266 g/mol. The van der Waals surface area contributed by atoms with Gasteiger partial charge in [0, 0.05) is 31.3 Å². The molecule has 0 bridgehead atoms. The average Bonchev–Trinajstić information content (AvgIpc) is 2.37. The monoisotopic (exact) mass is 266 g/mol. The number of amides is 1. The van der Waals surface area contributed by atoms with Crippen molar-refractivity contribution in [2.24, 2.45) is 5.73 Å². The summed E-state index contributed by atoms with van der Waals surface area (Å²) in [7, 11) is 0. The summed E-state index contributed by atoms with van der Waals surface area (Å²) < 4.78 is 0. The zero-order valence-corrected chi connectivity index (χ0v) is 11.2. The van der Waals surface area contributed by atoms with Crippen LogP contribution in [0.4, 0.5) is 5.82 Å². The molecule has 0 saturated heterocycles. The Balaban J connectivity index is 2.31. The highest BCUT2D eigenvalue weighted by atomic mass is 32.1. The lowest BCUT2D eigenvalue weighted by Gasteiger charge is -2.06. The van der Waals surface area contributed by atoms with Gasteiger partial charge in [-0.15, -0.1) is 0 Å². The molecule has 5 nitrogen and oxygen atoms in total. The summed E-state index contributed by atoms with van der Waals surface area (Å²) in [6.45, 7) is 3.29. The van der Waals surface area contributed by atoms with Crippen molar-refractivity contribution in [1.29, 1.82) is 0 Å². The van der Waals surface area contributed by atoms with Gasteiger partial charge in [0.1, 0.15) is 10.8 Å². The molecule has 1 aromatic rings. The van der Waals surface area contributed by atoms with Crippen molar-refractivity contribution in [3.8, 4) is 0 Å². The van der Waals surface area contributed by atoms with Crippen molar-refractivity contribution in [3.05, 3.63) is 23.9 Å². The van der Waals surface area contributed by atoms with Crippen LogP contribution in [0.2, 0.25) is 0 Å². The fourth-order valence-electron chi connectivity index (χ4n) is 1.30. The van der Waals surface area contributed by atoms with E-state index in [-0.39, 0.29) is 5.91 Å². The number of thiocarbonyl (C=S) groups is 1. The summed E-state index contributed by atoms with van der Waals surface area (Å²) in [4.78, 5) is 15.8. The first-order chi connectivity index (χ1) is 8.63. The van der Waals surface area contributed by atoms with Crippen molar-refractivity contribution < 1.29 is 4.79 Å². The quantitative estimate of drug-likeness (QED) is 0.643. The van der Waals surface area contributed by atoms with Gasteiger partial charge in [-0.05, 0) is 18.6 Å². The van der Waals surface area contributed by atoms with Gasteiger partial charge in [-0.25, -0.2) is 4.98 Å². The molecule has 1 heterocycles. The van der Waals surface area contributed by atoms with E-state index in [2.05, 4.69) is 15.6 Å². The molecule has 0 spiro atoms. The first-order valence-electron chi connectivity index (χ1n) is 5.90. The Morgan fingerprint density at radius 2 is 2.22 bits per heavy atom. The lowest BCUT2D eigenvalue weighted by atomic mass is 10.3. The SMILES string of the molecule is CCCNC(=O)CCNc1ccc(C(N)=S)cn1. The van der Waals surface area contributed by atoms with Gasteiger partial charge in [0.15, 0.2) is 0 Å². The van der Waals surface area contributed by atoms with Crippen molar-refractivity contribution in [1.82, 2.24) is 10.3 Å². The number of nitrogens with two attached hydrogens (primary N) is 1. The van der Waals surface area contributed by atoms with E-state index in [4.69, 9.17) is 18.0 Å². The van der Waals surface area contributed by atoms with Gasteiger partial charge in [-0.2, -0.15) is 0 Å². The normalized spacial score (nSPS) is 9.83.